The standard InChI is InChI=1S/C18H17F3N2O2/c19-18(20,21)14-3-1-2-11(9-14)16(24)6-7-17(25)12-4-5-15-13(8-12)10-22-23-15/h1-5,9-10,12,17,25H,6-8H2,(H,22,23). The topological polar surface area (TPSA) is 66.0 Å². The van der Waals surface area contributed by atoms with Crippen LogP contribution in [0.5, 0.6) is 0 Å². The Balaban J connectivity index is 1.59. The summed E-state index contributed by atoms with van der Waals surface area (Å²) in [5.74, 6) is -0.548. The van der Waals surface area contributed by atoms with Crippen LogP contribution in [0.3, 0.4) is 0 Å². The molecular formula is C18H17F3N2O2. The molecule has 1 aromatic carbocycles. The van der Waals surface area contributed by atoms with E-state index in [1.807, 2.05) is 12.2 Å². The number of Topliss-reactive ketones (excluding diaryl/α,β-unsaturated/α-hetero) is 1. The maximum atomic E-state index is 12.7. The first-order valence-corrected chi connectivity index (χ1v) is 7.93. The van der Waals surface area contributed by atoms with Gasteiger partial charge in [0.25, 0.3) is 0 Å². The summed E-state index contributed by atoms with van der Waals surface area (Å²) in [7, 11) is 0. The van der Waals surface area contributed by atoms with Gasteiger partial charge in [0.1, 0.15) is 0 Å². The van der Waals surface area contributed by atoms with Crippen molar-refractivity contribution in [3.05, 3.63) is 58.9 Å². The van der Waals surface area contributed by atoms with E-state index in [9.17, 15) is 23.1 Å². The van der Waals surface area contributed by atoms with Crippen LogP contribution in [-0.4, -0.2) is 27.2 Å². The molecule has 0 radical (unpaired) electrons. The van der Waals surface area contributed by atoms with Gasteiger partial charge in [-0.3, -0.25) is 9.89 Å². The second-order valence-electron chi connectivity index (χ2n) is 6.14. The number of nitrogens with zero attached hydrogens (tertiary/aromatic N) is 1. The van der Waals surface area contributed by atoms with Gasteiger partial charge in [0.05, 0.1) is 23.6 Å². The van der Waals surface area contributed by atoms with Crippen LogP contribution in [-0.2, 0) is 12.6 Å². The number of aromatic nitrogens is 2. The van der Waals surface area contributed by atoms with E-state index in [0.29, 0.717) is 6.42 Å². The fourth-order valence-electron chi connectivity index (χ4n) is 2.94. The van der Waals surface area contributed by atoms with Gasteiger partial charge in [0.15, 0.2) is 5.78 Å². The van der Waals surface area contributed by atoms with Crippen molar-refractivity contribution < 1.29 is 23.1 Å². The van der Waals surface area contributed by atoms with E-state index in [4.69, 9.17) is 0 Å². The Hall–Kier alpha value is -2.41. The zero-order valence-electron chi connectivity index (χ0n) is 13.3. The third kappa shape index (κ3) is 3.99. The Bertz CT molecular complexity index is 796. The summed E-state index contributed by atoms with van der Waals surface area (Å²) in [4.78, 5) is 12.2. The van der Waals surface area contributed by atoms with Crippen LogP contribution in [0.2, 0.25) is 0 Å². The molecule has 132 valence electrons. The van der Waals surface area contributed by atoms with Crippen LogP contribution in [0.1, 0.15) is 40.0 Å². The van der Waals surface area contributed by atoms with Crippen molar-refractivity contribution in [1.29, 1.82) is 0 Å². The lowest BCUT2D eigenvalue weighted by molar-refractivity contribution is -0.137. The van der Waals surface area contributed by atoms with E-state index in [1.54, 1.807) is 6.20 Å². The van der Waals surface area contributed by atoms with Crippen molar-refractivity contribution in [1.82, 2.24) is 10.2 Å². The summed E-state index contributed by atoms with van der Waals surface area (Å²) in [5.41, 5.74) is 1.07. The molecule has 2 atom stereocenters. The number of hydrogen-bond acceptors (Lipinski definition) is 3. The fourth-order valence-corrected chi connectivity index (χ4v) is 2.94. The molecule has 2 aromatic rings. The lowest BCUT2D eigenvalue weighted by Gasteiger charge is -2.22. The molecule has 0 bridgehead atoms. The number of alkyl halides is 3. The number of carbonyl (C=O) groups excluding carboxylic acids is 1. The number of benzene rings is 1. The van der Waals surface area contributed by atoms with Crippen molar-refractivity contribution in [2.45, 2.75) is 31.5 Å². The van der Waals surface area contributed by atoms with Gasteiger partial charge in [-0.05, 0) is 36.6 Å². The summed E-state index contributed by atoms with van der Waals surface area (Å²) in [6, 6.07) is 4.37. The molecular weight excluding hydrogens is 333 g/mol. The van der Waals surface area contributed by atoms with Gasteiger partial charge in [0, 0.05) is 17.9 Å². The zero-order valence-corrected chi connectivity index (χ0v) is 13.3. The van der Waals surface area contributed by atoms with Crippen LogP contribution in [0.4, 0.5) is 13.2 Å². The summed E-state index contributed by atoms with van der Waals surface area (Å²) in [6.07, 6.45) is 0.976. The van der Waals surface area contributed by atoms with Crippen molar-refractivity contribution in [3.63, 3.8) is 0 Å². The molecule has 4 nitrogen and oxygen atoms in total. The van der Waals surface area contributed by atoms with Crippen molar-refractivity contribution in [2.24, 2.45) is 5.92 Å². The smallest absolute Gasteiger partial charge is 0.392 e. The predicted octanol–water partition coefficient (Wildman–Crippen LogP) is 3.64. The van der Waals surface area contributed by atoms with Gasteiger partial charge in [-0.25, -0.2) is 0 Å². The number of ketones is 1. The van der Waals surface area contributed by atoms with Crippen molar-refractivity contribution in [3.8, 4) is 0 Å². The Morgan fingerprint density at radius 2 is 2.20 bits per heavy atom. The number of rotatable bonds is 5. The minimum Gasteiger partial charge on any atom is -0.392 e. The molecule has 1 aliphatic carbocycles. The molecule has 0 amide bonds. The summed E-state index contributed by atoms with van der Waals surface area (Å²) in [6.45, 7) is 0. The Labute approximate surface area is 142 Å². The average Bonchev–Trinajstić information content (AvgIpc) is 3.06. The zero-order chi connectivity index (χ0) is 18.0. The van der Waals surface area contributed by atoms with Crippen LogP contribution in [0.15, 0.2) is 36.5 Å². The number of aliphatic hydroxyl groups excluding tert-OH is 1. The molecule has 3 rings (SSSR count). The predicted molar refractivity (Wildman–Crippen MR) is 85.8 cm³/mol. The first-order chi connectivity index (χ1) is 11.8. The highest BCUT2D eigenvalue weighted by molar-refractivity contribution is 5.96. The number of hydrogen-bond donors (Lipinski definition) is 2. The van der Waals surface area contributed by atoms with Crippen molar-refractivity contribution in [2.75, 3.05) is 0 Å². The number of H-pyrrole nitrogens is 1. The summed E-state index contributed by atoms with van der Waals surface area (Å²) < 4.78 is 38.1. The first kappa shape index (κ1) is 17.4. The number of aromatic amines is 1. The Morgan fingerprint density at radius 1 is 1.40 bits per heavy atom. The van der Waals surface area contributed by atoms with Crippen LogP contribution < -0.4 is 0 Å². The van der Waals surface area contributed by atoms with Gasteiger partial charge < -0.3 is 5.11 Å². The molecule has 2 unspecified atom stereocenters. The third-order valence-corrected chi connectivity index (χ3v) is 4.39. The van der Waals surface area contributed by atoms with Crippen LogP contribution in [0, 0.1) is 5.92 Å². The second kappa shape index (κ2) is 6.84. The first-order valence-electron chi connectivity index (χ1n) is 7.93. The van der Waals surface area contributed by atoms with Gasteiger partial charge in [-0.2, -0.15) is 18.3 Å². The monoisotopic (exact) mass is 350 g/mol. The molecule has 1 aromatic heterocycles. The number of halogens is 3. The molecule has 1 heterocycles. The quantitative estimate of drug-likeness (QED) is 0.809. The van der Waals surface area contributed by atoms with E-state index >= 15 is 0 Å². The summed E-state index contributed by atoms with van der Waals surface area (Å²) in [5, 5.41) is 17.1. The SMILES string of the molecule is O=C(CCC(O)C1C=Cc2[nH]ncc2C1)c1cccc(C(F)(F)F)c1. The van der Waals surface area contributed by atoms with Gasteiger partial charge >= 0.3 is 6.18 Å². The fraction of sp³-hybridized carbons (Fsp3) is 0.333. The van der Waals surface area contributed by atoms with E-state index < -0.39 is 23.6 Å². The highest BCUT2D eigenvalue weighted by Crippen LogP contribution is 2.30. The van der Waals surface area contributed by atoms with Crippen LogP contribution in [0.25, 0.3) is 6.08 Å². The molecule has 7 heteroatoms. The molecule has 2 N–H and O–H groups in total. The highest BCUT2D eigenvalue weighted by atomic mass is 19.4. The number of carbonyl (C=O) groups is 1. The summed E-state index contributed by atoms with van der Waals surface area (Å²) >= 11 is 0. The minimum atomic E-state index is -4.48. The third-order valence-electron chi connectivity index (χ3n) is 4.39. The maximum absolute atomic E-state index is 12.7. The number of aliphatic hydroxyl groups is 1. The van der Waals surface area contributed by atoms with E-state index in [-0.39, 0.29) is 24.3 Å². The van der Waals surface area contributed by atoms with Gasteiger partial charge in [0.2, 0.25) is 0 Å². The van der Waals surface area contributed by atoms with Gasteiger partial charge in [-0.15, -0.1) is 0 Å². The molecule has 0 spiro atoms. The molecule has 0 saturated heterocycles. The lowest BCUT2D eigenvalue weighted by atomic mass is 9.87. The van der Waals surface area contributed by atoms with E-state index in [0.717, 1.165) is 23.4 Å². The Kier molecular flexibility index (Phi) is 4.76. The number of nitrogens with one attached hydrogen (secondary N) is 1. The number of fused-ring (bicyclic) bond motifs is 1. The van der Waals surface area contributed by atoms with E-state index in [1.165, 1.54) is 12.1 Å². The molecule has 0 fully saturated rings. The van der Waals surface area contributed by atoms with Crippen molar-refractivity contribution >= 4 is 11.9 Å². The normalized spacial score (nSPS) is 18.0. The largest absolute Gasteiger partial charge is 0.416 e. The maximum Gasteiger partial charge on any atom is 0.416 e. The molecule has 25 heavy (non-hydrogen) atoms. The molecule has 0 saturated carbocycles. The molecule has 0 aliphatic heterocycles. The second-order valence-corrected chi connectivity index (χ2v) is 6.14. The lowest BCUT2D eigenvalue weighted by Crippen LogP contribution is -2.23. The van der Waals surface area contributed by atoms with Crippen LogP contribution >= 0.6 is 0 Å². The van der Waals surface area contributed by atoms with Gasteiger partial charge in [-0.1, -0.05) is 18.2 Å². The van der Waals surface area contributed by atoms with E-state index in [2.05, 4.69) is 10.2 Å². The minimum absolute atomic E-state index is 0.00887. The average molecular weight is 350 g/mol. The highest BCUT2D eigenvalue weighted by Gasteiger charge is 2.31. The Morgan fingerprint density at radius 3 is 2.96 bits per heavy atom. The molecule has 1 aliphatic rings.